The minimum atomic E-state index is -0.277. The Morgan fingerprint density at radius 3 is 2.60 bits per heavy atom. The molecule has 0 spiro atoms. The molecule has 1 amide bonds. The fourth-order valence-corrected chi connectivity index (χ4v) is 4.85. The van der Waals surface area contributed by atoms with Gasteiger partial charge in [-0.3, -0.25) is 9.36 Å². The van der Waals surface area contributed by atoms with E-state index in [-0.39, 0.29) is 17.7 Å². The first-order valence-electron chi connectivity index (χ1n) is 11.4. The van der Waals surface area contributed by atoms with Crippen LogP contribution < -0.4 is 0 Å². The molecule has 7 nitrogen and oxygen atoms in total. The van der Waals surface area contributed by atoms with Gasteiger partial charge in [0.25, 0.3) is 5.91 Å². The molecule has 8 heteroatoms. The summed E-state index contributed by atoms with van der Waals surface area (Å²) in [6, 6.07) is 21.5. The zero-order valence-electron chi connectivity index (χ0n) is 19.4. The summed E-state index contributed by atoms with van der Waals surface area (Å²) in [7, 11) is 0. The molecule has 0 fully saturated rings. The van der Waals surface area contributed by atoms with E-state index in [4.69, 9.17) is 9.52 Å². The van der Waals surface area contributed by atoms with Crippen molar-refractivity contribution in [2.45, 2.75) is 31.1 Å². The van der Waals surface area contributed by atoms with Crippen LogP contribution in [0.5, 0.6) is 0 Å². The van der Waals surface area contributed by atoms with Crippen molar-refractivity contribution < 1.29 is 9.21 Å². The van der Waals surface area contributed by atoms with Gasteiger partial charge >= 0.3 is 0 Å². The monoisotopic (exact) mass is 483 g/mol. The molecule has 5 rings (SSSR count). The maximum absolute atomic E-state index is 13.4. The van der Waals surface area contributed by atoms with Gasteiger partial charge in [0.15, 0.2) is 11.0 Å². The van der Waals surface area contributed by atoms with E-state index in [0.29, 0.717) is 18.1 Å². The van der Waals surface area contributed by atoms with Crippen LogP contribution in [0.4, 0.5) is 0 Å². The van der Waals surface area contributed by atoms with Crippen molar-refractivity contribution in [3.8, 4) is 11.4 Å². The van der Waals surface area contributed by atoms with Gasteiger partial charge in [-0.05, 0) is 24.6 Å². The molecular formula is C27H25N5O2S. The summed E-state index contributed by atoms with van der Waals surface area (Å²) < 4.78 is 7.62. The van der Waals surface area contributed by atoms with Gasteiger partial charge in [0.1, 0.15) is 11.8 Å². The van der Waals surface area contributed by atoms with Crippen molar-refractivity contribution in [2.75, 3.05) is 5.75 Å². The van der Waals surface area contributed by atoms with E-state index in [1.165, 1.54) is 17.3 Å². The van der Waals surface area contributed by atoms with Gasteiger partial charge in [-0.15, -0.1) is 16.8 Å². The second-order valence-electron chi connectivity index (χ2n) is 8.25. The van der Waals surface area contributed by atoms with Crippen LogP contribution in [0.1, 0.15) is 29.3 Å². The van der Waals surface area contributed by atoms with E-state index < -0.39 is 0 Å². The highest BCUT2D eigenvalue weighted by Gasteiger charge is 2.35. The van der Waals surface area contributed by atoms with Crippen molar-refractivity contribution in [3.05, 3.63) is 103 Å². The number of carbonyl (C=O) groups is 1. The lowest BCUT2D eigenvalue weighted by atomic mass is 10.0. The van der Waals surface area contributed by atoms with E-state index in [1.54, 1.807) is 17.3 Å². The van der Waals surface area contributed by atoms with Crippen molar-refractivity contribution in [1.82, 2.24) is 19.8 Å². The molecule has 2 aromatic carbocycles. The Morgan fingerprint density at radius 1 is 1.09 bits per heavy atom. The van der Waals surface area contributed by atoms with Crippen molar-refractivity contribution in [2.24, 2.45) is 5.10 Å². The molecule has 1 aliphatic rings. The number of hydrazone groups is 1. The van der Waals surface area contributed by atoms with Crippen LogP contribution in [0.3, 0.4) is 0 Å². The van der Waals surface area contributed by atoms with Crippen molar-refractivity contribution in [1.29, 1.82) is 0 Å². The molecule has 3 heterocycles. The number of benzene rings is 2. The second-order valence-corrected chi connectivity index (χ2v) is 9.19. The van der Waals surface area contributed by atoms with E-state index in [1.807, 2.05) is 66.1 Å². The van der Waals surface area contributed by atoms with Crippen molar-refractivity contribution >= 4 is 23.4 Å². The summed E-state index contributed by atoms with van der Waals surface area (Å²) in [5.41, 5.74) is 4.02. The standard InChI is InChI=1S/C27H25N5O2S/c1-3-15-31-26(21-8-5-4-6-9-21)28-29-27(31)35-18-25(33)32-23(24-10-7-16-34-24)17-22(30-32)20-13-11-19(2)12-14-20/h3-14,16,23H,1,15,17-18H2,2H3. The average molecular weight is 484 g/mol. The van der Waals surface area contributed by atoms with Crippen LogP contribution in [-0.4, -0.2) is 37.1 Å². The molecule has 2 aromatic heterocycles. The highest BCUT2D eigenvalue weighted by atomic mass is 32.2. The molecule has 1 aliphatic heterocycles. The molecule has 35 heavy (non-hydrogen) atoms. The number of carbonyl (C=O) groups excluding carboxylic acids is 1. The predicted molar refractivity (Wildman–Crippen MR) is 137 cm³/mol. The summed E-state index contributed by atoms with van der Waals surface area (Å²) in [5, 5.41) is 15.7. The number of hydrogen-bond acceptors (Lipinski definition) is 6. The molecule has 1 atom stereocenters. The summed E-state index contributed by atoms with van der Waals surface area (Å²) in [6.45, 7) is 6.45. The average Bonchev–Trinajstić information content (AvgIpc) is 3.64. The molecular weight excluding hydrogens is 458 g/mol. The number of amides is 1. The fourth-order valence-electron chi connectivity index (χ4n) is 4.05. The third-order valence-electron chi connectivity index (χ3n) is 5.81. The Balaban J connectivity index is 1.37. The van der Waals surface area contributed by atoms with E-state index in [0.717, 1.165) is 28.4 Å². The Labute approximate surface area is 208 Å². The first kappa shape index (κ1) is 22.9. The lowest BCUT2D eigenvalue weighted by molar-refractivity contribution is -0.130. The Hall–Kier alpha value is -3.91. The summed E-state index contributed by atoms with van der Waals surface area (Å²) in [6.07, 6.45) is 4.02. The molecule has 0 saturated carbocycles. The first-order chi connectivity index (χ1) is 17.1. The highest BCUT2D eigenvalue weighted by Crippen LogP contribution is 2.34. The van der Waals surface area contributed by atoms with Gasteiger partial charge in [-0.2, -0.15) is 5.10 Å². The van der Waals surface area contributed by atoms with Crippen LogP contribution in [0.2, 0.25) is 0 Å². The zero-order chi connectivity index (χ0) is 24.2. The molecule has 0 bridgehead atoms. The summed E-state index contributed by atoms with van der Waals surface area (Å²) >= 11 is 1.35. The number of furan rings is 1. The number of hydrogen-bond donors (Lipinski definition) is 0. The van der Waals surface area contributed by atoms with E-state index in [2.05, 4.69) is 28.9 Å². The van der Waals surface area contributed by atoms with E-state index >= 15 is 0 Å². The minimum absolute atomic E-state index is 0.118. The minimum Gasteiger partial charge on any atom is -0.467 e. The molecule has 176 valence electrons. The Kier molecular flexibility index (Phi) is 6.63. The van der Waals surface area contributed by atoms with Crippen LogP contribution >= 0.6 is 11.8 Å². The van der Waals surface area contributed by atoms with Gasteiger partial charge in [-0.1, -0.05) is 78.0 Å². The largest absolute Gasteiger partial charge is 0.467 e. The second kappa shape index (κ2) is 10.1. The number of aromatic nitrogens is 3. The first-order valence-corrected chi connectivity index (χ1v) is 12.3. The summed E-state index contributed by atoms with van der Waals surface area (Å²) in [4.78, 5) is 13.4. The SMILES string of the molecule is C=CCn1c(SCC(=O)N2N=C(c3ccc(C)cc3)CC2c2ccco2)nnc1-c1ccccc1. The molecule has 0 saturated heterocycles. The normalized spacial score (nSPS) is 15.3. The van der Waals surface area contributed by atoms with Crippen LogP contribution in [0, 0.1) is 6.92 Å². The number of allylic oxidation sites excluding steroid dienone is 1. The maximum atomic E-state index is 13.4. The number of aryl methyl sites for hydroxylation is 1. The zero-order valence-corrected chi connectivity index (χ0v) is 20.2. The molecule has 0 aliphatic carbocycles. The Morgan fingerprint density at radius 2 is 1.89 bits per heavy atom. The topological polar surface area (TPSA) is 76.5 Å². The third kappa shape index (κ3) is 4.83. The third-order valence-corrected chi connectivity index (χ3v) is 6.76. The Bertz CT molecular complexity index is 1340. The smallest absolute Gasteiger partial charge is 0.253 e. The van der Waals surface area contributed by atoms with E-state index in [9.17, 15) is 4.79 Å². The molecule has 0 radical (unpaired) electrons. The summed E-state index contributed by atoms with van der Waals surface area (Å²) in [5.74, 6) is 1.52. The number of thioether (sulfide) groups is 1. The molecule has 0 N–H and O–H groups in total. The fraction of sp³-hybridized carbons (Fsp3) is 0.185. The number of rotatable bonds is 8. The lowest BCUT2D eigenvalue weighted by Gasteiger charge is -2.19. The molecule has 1 unspecified atom stereocenters. The van der Waals surface area contributed by atoms with Gasteiger partial charge in [0, 0.05) is 18.5 Å². The van der Waals surface area contributed by atoms with Crippen molar-refractivity contribution in [3.63, 3.8) is 0 Å². The van der Waals surface area contributed by atoms with Gasteiger partial charge in [0.05, 0.1) is 17.7 Å². The molecule has 4 aromatic rings. The van der Waals surface area contributed by atoms with Crippen LogP contribution in [0.15, 0.2) is 100 Å². The van der Waals surface area contributed by atoms with Gasteiger partial charge < -0.3 is 4.42 Å². The van der Waals surface area contributed by atoms with Crippen LogP contribution in [0.25, 0.3) is 11.4 Å². The van der Waals surface area contributed by atoms with Gasteiger partial charge in [-0.25, -0.2) is 5.01 Å². The van der Waals surface area contributed by atoms with Gasteiger partial charge in [0.2, 0.25) is 0 Å². The predicted octanol–water partition coefficient (Wildman–Crippen LogP) is 5.50. The van der Waals surface area contributed by atoms with Crippen LogP contribution in [-0.2, 0) is 11.3 Å². The maximum Gasteiger partial charge on any atom is 0.253 e. The number of nitrogens with zero attached hydrogens (tertiary/aromatic N) is 5. The lowest BCUT2D eigenvalue weighted by Crippen LogP contribution is -2.28. The highest BCUT2D eigenvalue weighted by molar-refractivity contribution is 7.99. The quantitative estimate of drug-likeness (QED) is 0.244.